The number of piperidine rings is 1. The minimum Gasteiger partial charge on any atom is -0.306 e. The molecule has 0 unspecified atom stereocenters. The van der Waals surface area contributed by atoms with Crippen LogP contribution in [0.25, 0.3) is 10.9 Å². The van der Waals surface area contributed by atoms with Crippen molar-refractivity contribution in [1.82, 2.24) is 19.4 Å². The van der Waals surface area contributed by atoms with E-state index < -0.39 is 0 Å². The van der Waals surface area contributed by atoms with Gasteiger partial charge >= 0.3 is 0 Å². The minimum absolute atomic E-state index is 0.0250. The van der Waals surface area contributed by atoms with E-state index in [1.807, 2.05) is 0 Å². The van der Waals surface area contributed by atoms with Crippen molar-refractivity contribution in [3.05, 3.63) is 35.1 Å². The Balaban J connectivity index is 1.85. The molecule has 1 aliphatic heterocycles. The van der Waals surface area contributed by atoms with Gasteiger partial charge in [-0.25, -0.2) is 4.98 Å². The summed E-state index contributed by atoms with van der Waals surface area (Å²) in [7, 11) is 2.14. The zero-order chi connectivity index (χ0) is 13.2. The van der Waals surface area contributed by atoms with Crippen LogP contribution in [0.3, 0.4) is 0 Å². The number of hydrogen-bond acceptors (Lipinski definition) is 4. The number of fused-ring (bicyclic) bond motifs is 1. The summed E-state index contributed by atoms with van der Waals surface area (Å²) in [5.74, 6) is 0.574. The number of rotatable bonds is 2. The third-order valence-electron chi connectivity index (χ3n) is 3.92. The molecule has 3 heterocycles. The van der Waals surface area contributed by atoms with Gasteiger partial charge in [0.15, 0.2) is 0 Å². The normalized spacial score (nSPS) is 17.9. The van der Waals surface area contributed by atoms with Crippen LogP contribution in [0, 0.1) is 5.92 Å². The van der Waals surface area contributed by atoms with Gasteiger partial charge in [-0.3, -0.25) is 14.3 Å². The van der Waals surface area contributed by atoms with Crippen molar-refractivity contribution in [2.45, 2.75) is 19.4 Å². The van der Waals surface area contributed by atoms with Gasteiger partial charge in [-0.15, -0.1) is 0 Å². The van der Waals surface area contributed by atoms with E-state index in [-0.39, 0.29) is 5.56 Å². The van der Waals surface area contributed by atoms with E-state index in [4.69, 9.17) is 0 Å². The first-order valence-electron chi connectivity index (χ1n) is 6.72. The number of pyridine rings is 1. The highest BCUT2D eigenvalue weighted by atomic mass is 16.1. The summed E-state index contributed by atoms with van der Waals surface area (Å²) in [6.07, 6.45) is 7.23. The van der Waals surface area contributed by atoms with Crippen molar-refractivity contribution in [3.8, 4) is 0 Å². The van der Waals surface area contributed by atoms with Crippen LogP contribution >= 0.6 is 0 Å². The summed E-state index contributed by atoms with van der Waals surface area (Å²) in [6.45, 7) is 2.99. The Bertz CT molecular complexity index is 629. The molecule has 0 spiro atoms. The molecule has 5 nitrogen and oxygen atoms in total. The standard InChI is InChI=1S/C14H18N4O/c1-17-6-3-11(4-7-17)9-18-10-16-13-2-5-15-8-12(13)14(18)19/h2,5,8,10-11H,3-4,6-7,9H2,1H3. The van der Waals surface area contributed by atoms with Crippen LogP contribution in [-0.4, -0.2) is 39.6 Å². The molecule has 100 valence electrons. The molecule has 0 amide bonds. The zero-order valence-corrected chi connectivity index (χ0v) is 11.1. The topological polar surface area (TPSA) is 51.0 Å². The first kappa shape index (κ1) is 12.3. The molecule has 1 saturated heterocycles. The van der Waals surface area contributed by atoms with Crippen LogP contribution < -0.4 is 5.56 Å². The quantitative estimate of drug-likeness (QED) is 0.810. The van der Waals surface area contributed by atoms with Gasteiger partial charge in [0, 0.05) is 18.9 Å². The Morgan fingerprint density at radius 1 is 1.37 bits per heavy atom. The van der Waals surface area contributed by atoms with Gasteiger partial charge < -0.3 is 4.90 Å². The van der Waals surface area contributed by atoms with E-state index >= 15 is 0 Å². The highest BCUT2D eigenvalue weighted by Gasteiger charge is 2.17. The van der Waals surface area contributed by atoms with Gasteiger partial charge in [0.1, 0.15) is 0 Å². The lowest BCUT2D eigenvalue weighted by atomic mass is 9.97. The van der Waals surface area contributed by atoms with Crippen molar-refractivity contribution >= 4 is 10.9 Å². The summed E-state index contributed by atoms with van der Waals surface area (Å²) < 4.78 is 1.74. The van der Waals surface area contributed by atoms with Crippen molar-refractivity contribution in [3.63, 3.8) is 0 Å². The Morgan fingerprint density at radius 3 is 2.95 bits per heavy atom. The van der Waals surface area contributed by atoms with Gasteiger partial charge in [0.05, 0.1) is 17.2 Å². The maximum atomic E-state index is 12.3. The predicted octanol–water partition coefficient (Wildman–Crippen LogP) is 1.13. The lowest BCUT2D eigenvalue weighted by Crippen LogP contribution is -2.34. The number of hydrogen-bond donors (Lipinski definition) is 0. The molecule has 1 fully saturated rings. The molecule has 19 heavy (non-hydrogen) atoms. The van der Waals surface area contributed by atoms with Crippen LogP contribution in [0.2, 0.25) is 0 Å². The molecule has 2 aromatic rings. The monoisotopic (exact) mass is 258 g/mol. The van der Waals surface area contributed by atoms with Crippen LogP contribution in [0.4, 0.5) is 0 Å². The maximum absolute atomic E-state index is 12.3. The SMILES string of the molecule is CN1CCC(Cn2cnc3ccncc3c2=O)CC1. The Hall–Kier alpha value is -1.75. The molecule has 0 atom stereocenters. The number of likely N-dealkylation sites (tertiary alicyclic amines) is 1. The van der Waals surface area contributed by atoms with E-state index in [0.29, 0.717) is 11.3 Å². The van der Waals surface area contributed by atoms with Crippen molar-refractivity contribution in [2.24, 2.45) is 5.92 Å². The van der Waals surface area contributed by atoms with Crippen LogP contribution in [0.5, 0.6) is 0 Å². The van der Waals surface area contributed by atoms with Crippen molar-refractivity contribution in [1.29, 1.82) is 0 Å². The summed E-state index contributed by atoms with van der Waals surface area (Å²) in [5.41, 5.74) is 0.747. The summed E-state index contributed by atoms with van der Waals surface area (Å²) in [6, 6.07) is 1.77. The number of nitrogens with zero attached hydrogens (tertiary/aromatic N) is 4. The Morgan fingerprint density at radius 2 is 2.16 bits per heavy atom. The second-order valence-corrected chi connectivity index (χ2v) is 5.34. The molecule has 0 radical (unpaired) electrons. The average Bonchev–Trinajstić information content (AvgIpc) is 2.45. The summed E-state index contributed by atoms with van der Waals surface area (Å²) >= 11 is 0. The highest BCUT2D eigenvalue weighted by Crippen LogP contribution is 2.17. The van der Waals surface area contributed by atoms with Gasteiger partial charge in [-0.1, -0.05) is 0 Å². The predicted molar refractivity (Wildman–Crippen MR) is 74.0 cm³/mol. The van der Waals surface area contributed by atoms with Gasteiger partial charge in [-0.05, 0) is 45.0 Å². The average molecular weight is 258 g/mol. The maximum Gasteiger partial charge on any atom is 0.262 e. The van der Waals surface area contributed by atoms with E-state index in [2.05, 4.69) is 21.9 Å². The Kier molecular flexibility index (Phi) is 3.29. The fraction of sp³-hybridized carbons (Fsp3) is 0.500. The van der Waals surface area contributed by atoms with E-state index in [1.54, 1.807) is 29.4 Å². The Labute approximate surface area is 111 Å². The van der Waals surface area contributed by atoms with Gasteiger partial charge in [0.25, 0.3) is 5.56 Å². The molecule has 1 aliphatic rings. The van der Waals surface area contributed by atoms with Crippen LogP contribution in [0.1, 0.15) is 12.8 Å². The van der Waals surface area contributed by atoms with Crippen LogP contribution in [-0.2, 0) is 6.54 Å². The van der Waals surface area contributed by atoms with Gasteiger partial charge in [0.2, 0.25) is 0 Å². The lowest BCUT2D eigenvalue weighted by Gasteiger charge is -2.29. The first-order valence-corrected chi connectivity index (χ1v) is 6.72. The fourth-order valence-electron chi connectivity index (χ4n) is 2.66. The molecule has 2 aromatic heterocycles. The third-order valence-corrected chi connectivity index (χ3v) is 3.92. The van der Waals surface area contributed by atoms with Crippen molar-refractivity contribution < 1.29 is 0 Å². The second kappa shape index (κ2) is 5.09. The molecule has 3 rings (SSSR count). The largest absolute Gasteiger partial charge is 0.306 e. The van der Waals surface area contributed by atoms with E-state index in [9.17, 15) is 4.79 Å². The molecule has 5 heteroatoms. The van der Waals surface area contributed by atoms with Crippen LogP contribution in [0.15, 0.2) is 29.6 Å². The number of aromatic nitrogens is 3. The smallest absolute Gasteiger partial charge is 0.262 e. The summed E-state index contributed by atoms with van der Waals surface area (Å²) in [4.78, 5) is 23.0. The fourth-order valence-corrected chi connectivity index (χ4v) is 2.66. The molecule has 0 bridgehead atoms. The van der Waals surface area contributed by atoms with Crippen molar-refractivity contribution in [2.75, 3.05) is 20.1 Å². The van der Waals surface area contributed by atoms with E-state index in [0.717, 1.165) is 38.0 Å². The second-order valence-electron chi connectivity index (χ2n) is 5.34. The highest BCUT2D eigenvalue weighted by molar-refractivity contribution is 5.75. The molecule has 0 N–H and O–H groups in total. The minimum atomic E-state index is 0.0250. The summed E-state index contributed by atoms with van der Waals surface area (Å²) in [5, 5.41) is 0.609. The zero-order valence-electron chi connectivity index (χ0n) is 11.1. The molecule has 0 aromatic carbocycles. The molecule has 0 saturated carbocycles. The molecular formula is C14H18N4O. The first-order chi connectivity index (χ1) is 9.24. The molecule has 0 aliphatic carbocycles. The molecular weight excluding hydrogens is 240 g/mol. The lowest BCUT2D eigenvalue weighted by molar-refractivity contribution is 0.204. The van der Waals surface area contributed by atoms with E-state index in [1.165, 1.54) is 0 Å². The van der Waals surface area contributed by atoms with Gasteiger partial charge in [-0.2, -0.15) is 0 Å². The third kappa shape index (κ3) is 2.51.